The summed E-state index contributed by atoms with van der Waals surface area (Å²) in [4.78, 5) is 29.6. The Bertz CT molecular complexity index is 1010. The molecular formula is C21H20F2N4O3. The molecule has 0 radical (unpaired) electrons. The summed E-state index contributed by atoms with van der Waals surface area (Å²) < 4.78 is 29.7. The Hall–Kier alpha value is -3.28. The van der Waals surface area contributed by atoms with E-state index in [9.17, 15) is 23.6 Å². The van der Waals surface area contributed by atoms with Gasteiger partial charge in [0.15, 0.2) is 0 Å². The normalized spacial score (nSPS) is 21.9. The molecule has 1 N–H and O–H groups in total. The maximum absolute atomic E-state index is 12.6. The van der Waals surface area contributed by atoms with Crippen molar-refractivity contribution in [2.45, 2.75) is 57.2 Å². The molecule has 1 aromatic heterocycles. The molecule has 1 aromatic carbocycles. The topological polar surface area (TPSA) is 95.3 Å². The summed E-state index contributed by atoms with van der Waals surface area (Å²) in [6, 6.07) is 6.46. The quantitative estimate of drug-likeness (QED) is 0.752. The number of aromatic nitrogens is 1. The number of halogens is 2. The fourth-order valence-electron chi connectivity index (χ4n) is 4.27. The summed E-state index contributed by atoms with van der Waals surface area (Å²) in [7, 11) is 0. The van der Waals surface area contributed by atoms with Gasteiger partial charge in [0.25, 0.3) is 0 Å². The molecule has 1 saturated heterocycles. The van der Waals surface area contributed by atoms with E-state index in [0.29, 0.717) is 47.8 Å². The maximum Gasteiger partial charge on any atom is 0.387 e. The van der Waals surface area contributed by atoms with Gasteiger partial charge < -0.3 is 10.1 Å². The van der Waals surface area contributed by atoms with Crippen molar-refractivity contribution >= 4 is 28.4 Å². The van der Waals surface area contributed by atoms with Crippen molar-refractivity contribution in [1.29, 1.82) is 5.26 Å². The van der Waals surface area contributed by atoms with Crippen LogP contribution in [0.4, 0.5) is 14.5 Å². The van der Waals surface area contributed by atoms with Crippen LogP contribution in [0.25, 0.3) is 10.9 Å². The summed E-state index contributed by atoms with van der Waals surface area (Å²) in [5.74, 6) is -0.211. The number of amides is 2. The van der Waals surface area contributed by atoms with E-state index in [-0.39, 0.29) is 42.5 Å². The number of imide groups is 1. The van der Waals surface area contributed by atoms with Gasteiger partial charge in [-0.05, 0) is 43.9 Å². The highest BCUT2D eigenvalue weighted by Gasteiger charge is 2.37. The lowest BCUT2D eigenvalue weighted by atomic mass is 9.89. The van der Waals surface area contributed by atoms with Crippen molar-refractivity contribution in [2.75, 3.05) is 5.32 Å². The number of hydrogen-bond acceptors (Lipinski definition) is 6. The molecule has 156 valence electrons. The van der Waals surface area contributed by atoms with Crippen LogP contribution in [0.2, 0.25) is 0 Å². The molecule has 2 aromatic rings. The number of hydrogen-bond donors (Lipinski definition) is 1. The van der Waals surface area contributed by atoms with Gasteiger partial charge >= 0.3 is 6.61 Å². The Kier molecular flexibility index (Phi) is 5.48. The van der Waals surface area contributed by atoms with Crippen LogP contribution in [-0.2, 0) is 9.59 Å². The largest absolute Gasteiger partial charge is 0.435 e. The predicted octanol–water partition coefficient (Wildman–Crippen LogP) is 3.58. The lowest BCUT2D eigenvalue weighted by Crippen LogP contribution is -2.43. The van der Waals surface area contributed by atoms with E-state index >= 15 is 0 Å². The number of nitrogens with zero attached hydrogens (tertiary/aromatic N) is 3. The first-order valence-electron chi connectivity index (χ1n) is 9.85. The maximum atomic E-state index is 12.6. The summed E-state index contributed by atoms with van der Waals surface area (Å²) in [6.07, 6.45) is 4.81. The molecule has 1 aliphatic carbocycles. The smallest absolute Gasteiger partial charge is 0.387 e. The van der Waals surface area contributed by atoms with Crippen LogP contribution in [0.15, 0.2) is 24.4 Å². The number of anilines is 1. The van der Waals surface area contributed by atoms with Crippen LogP contribution in [0.5, 0.6) is 5.75 Å². The number of nitriles is 1. The average Bonchev–Trinajstić information content (AvgIpc) is 3.06. The van der Waals surface area contributed by atoms with Crippen molar-refractivity contribution in [2.24, 2.45) is 0 Å². The number of likely N-dealkylation sites (tertiary alicyclic amines) is 1. The molecule has 4 rings (SSSR count). The highest BCUT2D eigenvalue weighted by Crippen LogP contribution is 2.33. The minimum absolute atomic E-state index is 0.00722. The van der Waals surface area contributed by atoms with Gasteiger partial charge in [-0.3, -0.25) is 19.5 Å². The van der Waals surface area contributed by atoms with E-state index in [1.54, 1.807) is 6.07 Å². The third-order valence-corrected chi connectivity index (χ3v) is 5.69. The first kappa shape index (κ1) is 20.0. The van der Waals surface area contributed by atoms with Crippen LogP contribution in [0, 0.1) is 11.3 Å². The zero-order valence-corrected chi connectivity index (χ0v) is 16.1. The Morgan fingerprint density at radius 2 is 1.87 bits per heavy atom. The summed E-state index contributed by atoms with van der Waals surface area (Å²) in [5.41, 5.74) is 1.39. The van der Waals surface area contributed by atoms with E-state index in [0.717, 1.165) is 0 Å². The fourth-order valence-corrected chi connectivity index (χ4v) is 4.27. The highest BCUT2D eigenvalue weighted by molar-refractivity contribution is 6.02. The Morgan fingerprint density at radius 3 is 2.50 bits per heavy atom. The van der Waals surface area contributed by atoms with E-state index < -0.39 is 6.61 Å². The molecule has 1 aliphatic heterocycles. The van der Waals surface area contributed by atoms with Gasteiger partial charge in [0, 0.05) is 36.5 Å². The van der Waals surface area contributed by atoms with E-state index in [2.05, 4.69) is 21.1 Å². The number of ether oxygens (including phenoxy) is 1. The van der Waals surface area contributed by atoms with Crippen LogP contribution in [-0.4, -0.2) is 40.4 Å². The number of pyridine rings is 1. The number of alkyl halides is 2. The molecule has 1 saturated carbocycles. The lowest BCUT2D eigenvalue weighted by molar-refractivity contribution is -0.141. The van der Waals surface area contributed by atoms with Crippen molar-refractivity contribution in [3.8, 4) is 11.8 Å². The number of fused-ring (bicyclic) bond motifs is 1. The Balaban J connectivity index is 1.54. The number of carbonyl (C=O) groups excluding carboxylic acids is 2. The molecular weight excluding hydrogens is 394 g/mol. The second-order valence-electron chi connectivity index (χ2n) is 7.52. The van der Waals surface area contributed by atoms with Crippen molar-refractivity contribution in [1.82, 2.24) is 9.88 Å². The van der Waals surface area contributed by atoms with Gasteiger partial charge in [-0.1, -0.05) is 0 Å². The molecule has 2 aliphatic rings. The summed E-state index contributed by atoms with van der Waals surface area (Å²) in [6.45, 7) is -2.95. The van der Waals surface area contributed by atoms with E-state index in [1.807, 2.05) is 0 Å². The third kappa shape index (κ3) is 3.90. The number of benzene rings is 1. The molecule has 0 spiro atoms. The predicted molar refractivity (Wildman–Crippen MR) is 104 cm³/mol. The second kappa shape index (κ2) is 8.22. The Labute approximate surface area is 171 Å². The van der Waals surface area contributed by atoms with E-state index in [1.165, 1.54) is 23.2 Å². The van der Waals surface area contributed by atoms with Crippen molar-refractivity contribution in [3.63, 3.8) is 0 Å². The molecule has 0 unspecified atom stereocenters. The molecule has 9 heteroatoms. The van der Waals surface area contributed by atoms with Gasteiger partial charge in [0.05, 0.1) is 16.8 Å². The van der Waals surface area contributed by atoms with Crippen LogP contribution >= 0.6 is 0 Å². The first-order valence-corrected chi connectivity index (χ1v) is 9.85. The standard InChI is InChI=1S/C21H20F2N4O3/c22-21(23)30-15-5-6-17-16(9-15)20(12(10-24)11-25-17)26-13-1-3-14(4-2-13)27-18(28)7-8-19(27)29/h5-6,9,11,13-14,21H,1-4,7-8H2,(H,25,26). The zero-order valence-electron chi connectivity index (χ0n) is 16.1. The Morgan fingerprint density at radius 1 is 1.17 bits per heavy atom. The molecule has 2 heterocycles. The van der Waals surface area contributed by atoms with Crippen LogP contribution in [0.3, 0.4) is 0 Å². The van der Waals surface area contributed by atoms with Crippen molar-refractivity contribution < 1.29 is 23.1 Å². The minimum Gasteiger partial charge on any atom is -0.435 e. The third-order valence-electron chi connectivity index (χ3n) is 5.69. The number of carbonyl (C=O) groups is 2. The monoisotopic (exact) mass is 414 g/mol. The number of rotatable bonds is 5. The molecule has 0 atom stereocenters. The van der Waals surface area contributed by atoms with Gasteiger partial charge in [-0.2, -0.15) is 14.0 Å². The van der Waals surface area contributed by atoms with Gasteiger partial charge in [-0.15, -0.1) is 0 Å². The van der Waals surface area contributed by atoms with Crippen molar-refractivity contribution in [3.05, 3.63) is 30.0 Å². The van der Waals surface area contributed by atoms with Gasteiger partial charge in [0.2, 0.25) is 11.8 Å². The fraction of sp³-hybridized carbons (Fsp3) is 0.429. The molecule has 0 bridgehead atoms. The minimum atomic E-state index is -2.95. The van der Waals surface area contributed by atoms with Crippen LogP contribution < -0.4 is 10.1 Å². The zero-order chi connectivity index (χ0) is 21.3. The van der Waals surface area contributed by atoms with E-state index in [4.69, 9.17) is 0 Å². The van der Waals surface area contributed by atoms with Gasteiger partial charge in [0.1, 0.15) is 11.8 Å². The summed E-state index contributed by atoms with van der Waals surface area (Å²) in [5, 5.41) is 13.4. The number of nitrogens with one attached hydrogen (secondary N) is 1. The SMILES string of the molecule is N#Cc1cnc2ccc(OC(F)F)cc2c1NC1CCC(N2C(=O)CCC2=O)CC1. The first-order chi connectivity index (χ1) is 14.5. The molecule has 2 amide bonds. The molecule has 30 heavy (non-hydrogen) atoms. The molecule has 7 nitrogen and oxygen atoms in total. The lowest BCUT2D eigenvalue weighted by Gasteiger charge is -2.34. The molecule has 2 fully saturated rings. The second-order valence-corrected chi connectivity index (χ2v) is 7.52. The van der Waals surface area contributed by atoms with Crippen LogP contribution in [0.1, 0.15) is 44.1 Å². The average molecular weight is 414 g/mol. The highest BCUT2D eigenvalue weighted by atomic mass is 19.3. The van der Waals surface area contributed by atoms with Gasteiger partial charge in [-0.25, -0.2) is 0 Å². The summed E-state index contributed by atoms with van der Waals surface area (Å²) >= 11 is 0.